The average Bonchev–Trinajstić information content (AvgIpc) is 3.15. The molecule has 1 unspecified atom stereocenters. The highest BCUT2D eigenvalue weighted by Gasteiger charge is 2.75. The van der Waals surface area contributed by atoms with E-state index in [4.69, 9.17) is 9.47 Å². The molecule has 6 atom stereocenters. The van der Waals surface area contributed by atoms with Gasteiger partial charge in [-0.25, -0.2) is 0 Å². The van der Waals surface area contributed by atoms with Gasteiger partial charge >= 0.3 is 0 Å². The Morgan fingerprint density at radius 1 is 1.00 bits per heavy atom. The van der Waals surface area contributed by atoms with Crippen molar-refractivity contribution < 1.29 is 29.0 Å². The molecule has 3 amide bonds. The molecule has 0 aliphatic carbocycles. The second kappa shape index (κ2) is 10.3. The number of fused-ring (bicyclic) bond motifs is 2. The van der Waals surface area contributed by atoms with E-state index < -0.39 is 40.7 Å². The highest BCUT2D eigenvalue weighted by atomic mass is 16.5. The number of aliphatic hydroxyl groups is 1. The third kappa shape index (κ3) is 4.48. The summed E-state index contributed by atoms with van der Waals surface area (Å²) in [4.78, 5) is 48.5. The molecule has 1 N–H and O–H groups in total. The highest BCUT2D eigenvalue weighted by molar-refractivity contribution is 6.04. The van der Waals surface area contributed by atoms with Crippen LogP contribution in [0, 0.1) is 17.8 Å². The first-order chi connectivity index (χ1) is 19.3. The molecular formula is C32H43N3O6. The summed E-state index contributed by atoms with van der Waals surface area (Å²) in [5.41, 5.74) is -2.30. The Hall–Kier alpha value is -3.17. The summed E-state index contributed by atoms with van der Waals surface area (Å²) in [6, 6.07) is 5.71. The smallest absolute Gasteiger partial charge is 0.249 e. The molecule has 1 spiro atoms. The lowest BCUT2D eigenvalue weighted by Crippen LogP contribution is -2.61. The lowest BCUT2D eigenvalue weighted by Gasteiger charge is -2.43. The molecule has 222 valence electrons. The molecule has 2 fully saturated rings. The Morgan fingerprint density at radius 2 is 1.66 bits per heavy atom. The minimum absolute atomic E-state index is 0.126. The van der Waals surface area contributed by atoms with Crippen LogP contribution in [0.1, 0.15) is 48.5 Å². The van der Waals surface area contributed by atoms with E-state index in [1.165, 1.54) is 4.90 Å². The van der Waals surface area contributed by atoms with Crippen LogP contribution in [0.5, 0.6) is 5.75 Å². The molecule has 1 aromatic carbocycles. The number of carbonyl (C=O) groups excluding carboxylic acids is 3. The van der Waals surface area contributed by atoms with E-state index in [0.29, 0.717) is 31.1 Å². The first kappa shape index (κ1) is 29.3. The minimum Gasteiger partial charge on any atom is -0.494 e. The van der Waals surface area contributed by atoms with Crippen LogP contribution >= 0.6 is 0 Å². The van der Waals surface area contributed by atoms with Crippen LogP contribution in [-0.2, 0) is 19.1 Å². The van der Waals surface area contributed by atoms with Crippen molar-refractivity contribution in [2.45, 2.75) is 77.3 Å². The number of aliphatic hydroxyl groups excluding tert-OH is 1. The molecule has 0 aromatic heterocycles. The molecule has 4 heterocycles. The van der Waals surface area contributed by atoms with Crippen molar-refractivity contribution in [2.24, 2.45) is 17.8 Å². The SMILES string of the molecule is CCOc1ccc(N2CC=C[C@@]3(C)O[C@]45C=CCN(C(C)(C)C)C(=O)C4N([C@@H](CO)C(C)C)C(=O)[C@@H]5[C@H]3C2=O)cc1. The fraction of sp³-hybridized carbons (Fsp3) is 0.594. The maximum Gasteiger partial charge on any atom is 0.249 e. The predicted octanol–water partition coefficient (Wildman–Crippen LogP) is 3.17. The molecule has 5 rings (SSSR count). The topological polar surface area (TPSA) is 99.6 Å². The van der Waals surface area contributed by atoms with Crippen LogP contribution in [-0.4, -0.2) is 87.8 Å². The summed E-state index contributed by atoms with van der Waals surface area (Å²) in [6.45, 7) is 14.4. The van der Waals surface area contributed by atoms with E-state index >= 15 is 0 Å². The van der Waals surface area contributed by atoms with Gasteiger partial charge in [-0.1, -0.05) is 38.2 Å². The third-order valence-electron chi connectivity index (χ3n) is 9.08. The Morgan fingerprint density at radius 3 is 2.24 bits per heavy atom. The fourth-order valence-electron chi connectivity index (χ4n) is 7.16. The van der Waals surface area contributed by atoms with Crippen molar-refractivity contribution in [3.05, 3.63) is 48.6 Å². The average molecular weight is 566 g/mol. The second-order valence-electron chi connectivity index (χ2n) is 13.0. The summed E-state index contributed by atoms with van der Waals surface area (Å²) in [6.07, 6.45) is 7.52. The molecule has 2 saturated heterocycles. The third-order valence-corrected chi connectivity index (χ3v) is 9.08. The van der Waals surface area contributed by atoms with Crippen LogP contribution in [0.4, 0.5) is 5.69 Å². The summed E-state index contributed by atoms with van der Waals surface area (Å²) in [5, 5.41) is 10.5. The quantitative estimate of drug-likeness (QED) is 0.532. The number of benzene rings is 1. The molecule has 4 aliphatic rings. The van der Waals surface area contributed by atoms with Crippen molar-refractivity contribution in [3.8, 4) is 5.75 Å². The summed E-state index contributed by atoms with van der Waals surface area (Å²) in [7, 11) is 0. The molecule has 0 saturated carbocycles. The Bertz CT molecular complexity index is 1270. The maximum absolute atomic E-state index is 14.6. The van der Waals surface area contributed by atoms with Crippen LogP contribution in [0.3, 0.4) is 0 Å². The first-order valence-corrected chi connectivity index (χ1v) is 14.6. The molecule has 4 aliphatic heterocycles. The number of amides is 3. The van der Waals surface area contributed by atoms with Crippen LogP contribution in [0.2, 0.25) is 0 Å². The van der Waals surface area contributed by atoms with Gasteiger partial charge in [0, 0.05) is 24.3 Å². The lowest BCUT2D eigenvalue weighted by molar-refractivity contribution is -0.158. The number of anilines is 1. The van der Waals surface area contributed by atoms with Gasteiger partial charge in [0.05, 0.1) is 36.7 Å². The van der Waals surface area contributed by atoms with Gasteiger partial charge in [-0.2, -0.15) is 0 Å². The molecule has 9 nitrogen and oxygen atoms in total. The van der Waals surface area contributed by atoms with Crippen LogP contribution in [0.15, 0.2) is 48.6 Å². The standard InChI is InChI=1S/C32H43N3O6/c1-8-40-22-13-11-21(12-14-22)33-17-9-15-31(7)24(27(33)37)25-28(38)35(23(19-36)20(2)3)26-29(39)34(30(4,5)6)18-10-16-32(25,26)41-31/h9-16,20,23-26,36H,8,17-19H2,1-7H3/t23-,24-,25-,26?,31+,32-/m0/s1. The van der Waals surface area contributed by atoms with Gasteiger partial charge in [-0.05, 0) is 64.8 Å². The van der Waals surface area contributed by atoms with Crippen molar-refractivity contribution >= 4 is 23.4 Å². The summed E-state index contributed by atoms with van der Waals surface area (Å²) in [5.74, 6) is -2.04. The largest absolute Gasteiger partial charge is 0.494 e. The maximum atomic E-state index is 14.6. The van der Waals surface area contributed by atoms with Gasteiger partial charge in [0.1, 0.15) is 17.4 Å². The van der Waals surface area contributed by atoms with E-state index in [1.54, 1.807) is 9.80 Å². The van der Waals surface area contributed by atoms with Crippen molar-refractivity contribution in [2.75, 3.05) is 31.2 Å². The molecule has 1 aromatic rings. The molecule has 9 heteroatoms. The minimum atomic E-state index is -1.36. The molecular weight excluding hydrogens is 522 g/mol. The van der Waals surface area contributed by atoms with E-state index in [1.807, 2.05) is 97.0 Å². The Kier molecular flexibility index (Phi) is 7.35. The highest BCUT2D eigenvalue weighted by Crippen LogP contribution is 2.58. The number of nitrogens with zero attached hydrogens (tertiary/aromatic N) is 3. The van der Waals surface area contributed by atoms with Crippen molar-refractivity contribution in [1.82, 2.24) is 9.80 Å². The van der Waals surface area contributed by atoms with Crippen LogP contribution < -0.4 is 9.64 Å². The van der Waals surface area contributed by atoms with Crippen LogP contribution in [0.25, 0.3) is 0 Å². The van der Waals surface area contributed by atoms with E-state index in [0.717, 1.165) is 0 Å². The normalized spacial score (nSPS) is 32.2. The zero-order valence-corrected chi connectivity index (χ0v) is 25.2. The summed E-state index contributed by atoms with van der Waals surface area (Å²) < 4.78 is 12.5. The zero-order valence-electron chi connectivity index (χ0n) is 25.2. The lowest BCUT2D eigenvalue weighted by atomic mass is 9.74. The first-order valence-electron chi connectivity index (χ1n) is 14.6. The number of rotatable bonds is 6. The van der Waals surface area contributed by atoms with Gasteiger partial charge in [0.2, 0.25) is 17.7 Å². The Labute approximate surface area is 242 Å². The van der Waals surface area contributed by atoms with E-state index in [-0.39, 0.29) is 30.2 Å². The number of hydrogen-bond acceptors (Lipinski definition) is 6. The van der Waals surface area contributed by atoms with Crippen molar-refractivity contribution in [3.63, 3.8) is 0 Å². The summed E-state index contributed by atoms with van der Waals surface area (Å²) >= 11 is 0. The zero-order chi connectivity index (χ0) is 29.9. The van der Waals surface area contributed by atoms with Gasteiger partial charge in [0.15, 0.2) is 0 Å². The number of ether oxygens (including phenoxy) is 2. The van der Waals surface area contributed by atoms with Gasteiger partial charge < -0.3 is 29.3 Å². The number of likely N-dealkylation sites (tertiary alicyclic amines) is 1. The molecule has 0 bridgehead atoms. The monoisotopic (exact) mass is 565 g/mol. The fourth-order valence-corrected chi connectivity index (χ4v) is 7.16. The van der Waals surface area contributed by atoms with Gasteiger partial charge in [-0.3, -0.25) is 14.4 Å². The Balaban J connectivity index is 1.64. The predicted molar refractivity (Wildman–Crippen MR) is 155 cm³/mol. The van der Waals surface area contributed by atoms with Gasteiger partial charge in [-0.15, -0.1) is 0 Å². The number of carbonyl (C=O) groups is 3. The molecule has 41 heavy (non-hydrogen) atoms. The second-order valence-corrected chi connectivity index (χ2v) is 13.0. The van der Waals surface area contributed by atoms with E-state index in [9.17, 15) is 19.5 Å². The number of hydrogen-bond donors (Lipinski definition) is 1. The van der Waals surface area contributed by atoms with Gasteiger partial charge in [0.25, 0.3) is 0 Å². The van der Waals surface area contributed by atoms with E-state index in [2.05, 4.69) is 0 Å². The van der Waals surface area contributed by atoms with Crippen molar-refractivity contribution in [1.29, 1.82) is 0 Å². The molecule has 0 radical (unpaired) electrons.